The van der Waals surface area contributed by atoms with Gasteiger partial charge < -0.3 is 24.0 Å². The molecule has 0 aromatic heterocycles. The van der Waals surface area contributed by atoms with E-state index in [1.54, 1.807) is 0 Å². The Morgan fingerprint density at radius 2 is 1.75 bits per heavy atom. The number of hydrogen-bond acceptors (Lipinski definition) is 0. The summed E-state index contributed by atoms with van der Waals surface area (Å²) in [6.45, 7) is 2.18. The third-order valence-corrected chi connectivity index (χ3v) is 0. The molecule has 0 atom stereocenters. The molecule has 2 heteroatoms. The Kier molecular flexibility index (Phi) is 19.9. The molecular formula is C2H5IZn. The van der Waals surface area contributed by atoms with E-state index in [9.17, 15) is 0 Å². The zero-order chi connectivity index (χ0) is 2.71. The van der Waals surface area contributed by atoms with Crippen LogP contribution in [0.15, 0.2) is 0 Å². The Bertz CT molecular complexity index is 6.00. The van der Waals surface area contributed by atoms with Crippen LogP contribution < -0.4 is 24.0 Å². The molecule has 0 bridgehead atoms. The van der Waals surface area contributed by atoms with Crippen molar-refractivity contribution in [2.45, 2.75) is 11.9 Å². The Labute approximate surface area is 54.0 Å². The second kappa shape index (κ2) is 8.84. The van der Waals surface area contributed by atoms with E-state index < -0.39 is 0 Å². The molecule has 0 unspecified atom stereocenters. The molecule has 0 aliphatic carbocycles. The largest absolute Gasteiger partial charge is 1.00 e. The summed E-state index contributed by atoms with van der Waals surface area (Å²) in [6.07, 6.45) is 0. The van der Waals surface area contributed by atoms with Crippen molar-refractivity contribution in [2.75, 3.05) is 0 Å². The molecule has 0 aliphatic heterocycles. The van der Waals surface area contributed by atoms with Crippen molar-refractivity contribution < 1.29 is 42.3 Å². The zero-order valence-electron chi connectivity index (χ0n) is 2.79. The molecule has 4 heavy (non-hydrogen) atoms. The molecule has 0 N–H and O–H groups in total. The normalized spacial score (nSPS) is 4.75. The first-order valence-corrected chi connectivity index (χ1v) is 3.31. The first-order chi connectivity index (χ1) is 1.41. The van der Waals surface area contributed by atoms with Gasteiger partial charge in [-0.2, -0.15) is 0 Å². The Morgan fingerprint density at radius 1 is 1.75 bits per heavy atom. The molecule has 0 fully saturated rings. The Morgan fingerprint density at radius 3 is 1.75 bits per heavy atom. The molecule has 0 saturated carbocycles. The molecule has 0 nitrogen and oxygen atoms in total. The fourth-order valence-corrected chi connectivity index (χ4v) is 0. The van der Waals surface area contributed by atoms with Crippen LogP contribution in [-0.4, -0.2) is 0 Å². The van der Waals surface area contributed by atoms with E-state index in [1.807, 2.05) is 0 Å². The molecule has 22 valence electrons. The summed E-state index contributed by atoms with van der Waals surface area (Å²) in [5.41, 5.74) is 0. The van der Waals surface area contributed by atoms with Crippen LogP contribution in [0.5, 0.6) is 0 Å². The van der Waals surface area contributed by atoms with Crippen molar-refractivity contribution in [3.63, 3.8) is 0 Å². The van der Waals surface area contributed by atoms with Crippen LogP contribution >= 0.6 is 0 Å². The first-order valence-electron chi connectivity index (χ1n) is 1.21. The van der Waals surface area contributed by atoms with Gasteiger partial charge in [-0.15, -0.1) is 0 Å². The molecule has 0 aromatic carbocycles. The summed E-state index contributed by atoms with van der Waals surface area (Å²) < 4.78 is 0. The van der Waals surface area contributed by atoms with Gasteiger partial charge in [0.05, 0.1) is 0 Å². The number of hydrogen-bond donors (Lipinski definition) is 0. The van der Waals surface area contributed by atoms with Gasteiger partial charge in [0.25, 0.3) is 0 Å². The van der Waals surface area contributed by atoms with E-state index in [1.165, 1.54) is 23.3 Å². The smallest absolute Gasteiger partial charge is 1.00 e. The Balaban J connectivity index is 0. The fraction of sp³-hybridized carbons (Fsp3) is 1.00. The second-order valence-electron chi connectivity index (χ2n) is 0.500. The van der Waals surface area contributed by atoms with Crippen LogP contribution in [0.1, 0.15) is 6.92 Å². The predicted molar refractivity (Wildman–Crippen MR) is 10.5 cm³/mol. The minimum Gasteiger partial charge on any atom is -1.00 e. The molecule has 0 saturated heterocycles. The molecule has 0 heterocycles. The van der Waals surface area contributed by atoms with E-state index in [-0.39, 0.29) is 24.0 Å². The van der Waals surface area contributed by atoms with E-state index in [2.05, 4.69) is 6.92 Å². The number of halogens is 1. The van der Waals surface area contributed by atoms with E-state index in [0.29, 0.717) is 0 Å². The van der Waals surface area contributed by atoms with Crippen LogP contribution in [0.3, 0.4) is 0 Å². The SMILES string of the molecule is C[CH2][Zn+].[I-]. The van der Waals surface area contributed by atoms with Crippen molar-refractivity contribution in [2.24, 2.45) is 0 Å². The maximum atomic E-state index is 2.18. The number of rotatable bonds is 0. The van der Waals surface area contributed by atoms with Crippen LogP contribution in [0, 0.1) is 0 Å². The van der Waals surface area contributed by atoms with Gasteiger partial charge in [0.2, 0.25) is 0 Å². The quantitative estimate of drug-likeness (QED) is 0.327. The summed E-state index contributed by atoms with van der Waals surface area (Å²) in [7, 11) is 0. The maximum Gasteiger partial charge on any atom is -1.00 e. The summed E-state index contributed by atoms with van der Waals surface area (Å²) >= 11 is 1.44. The van der Waals surface area contributed by atoms with Gasteiger partial charge in [0.1, 0.15) is 0 Å². The summed E-state index contributed by atoms with van der Waals surface area (Å²) in [5.74, 6) is 0. The van der Waals surface area contributed by atoms with Gasteiger partial charge in [0, 0.05) is 0 Å². The van der Waals surface area contributed by atoms with Crippen molar-refractivity contribution in [3.8, 4) is 0 Å². The van der Waals surface area contributed by atoms with Crippen LogP contribution in [0.4, 0.5) is 0 Å². The average molecular weight is 221 g/mol. The van der Waals surface area contributed by atoms with E-state index >= 15 is 0 Å². The van der Waals surface area contributed by atoms with Crippen molar-refractivity contribution in [1.82, 2.24) is 0 Å². The third kappa shape index (κ3) is 10.1. The van der Waals surface area contributed by atoms with E-state index in [0.717, 1.165) is 0 Å². The minimum atomic E-state index is 0. The summed E-state index contributed by atoms with van der Waals surface area (Å²) in [4.78, 5) is 0. The maximum absolute atomic E-state index is 2.18. The van der Waals surface area contributed by atoms with Crippen LogP contribution in [0.25, 0.3) is 0 Å². The standard InChI is InChI=1S/C2H5.HI.Zn/c1-2;;/h1H2,2H3;1H;/q;;+1/p-1. The third-order valence-electron chi connectivity index (χ3n) is 0. The van der Waals surface area contributed by atoms with Crippen LogP contribution in [0.2, 0.25) is 5.02 Å². The molecule has 0 rings (SSSR count). The second-order valence-corrected chi connectivity index (χ2v) is 2.60. The van der Waals surface area contributed by atoms with Gasteiger partial charge >= 0.3 is 30.2 Å². The first kappa shape index (κ1) is 9.02. The van der Waals surface area contributed by atoms with E-state index in [4.69, 9.17) is 0 Å². The molecule has 0 aliphatic rings. The molecule has 0 aromatic rings. The van der Waals surface area contributed by atoms with Gasteiger partial charge in [-0.25, -0.2) is 0 Å². The van der Waals surface area contributed by atoms with Gasteiger partial charge in [-0.05, 0) is 0 Å². The fourth-order valence-electron chi connectivity index (χ4n) is 0. The molecular weight excluding hydrogens is 216 g/mol. The topological polar surface area (TPSA) is 0 Å². The monoisotopic (exact) mass is 220 g/mol. The van der Waals surface area contributed by atoms with Gasteiger partial charge in [0.15, 0.2) is 0 Å². The zero-order valence-corrected chi connectivity index (χ0v) is 7.92. The minimum absolute atomic E-state index is 0. The molecule has 0 radical (unpaired) electrons. The molecule has 0 spiro atoms. The van der Waals surface area contributed by atoms with Crippen molar-refractivity contribution >= 4 is 0 Å². The summed E-state index contributed by atoms with van der Waals surface area (Å²) in [6, 6.07) is 0. The van der Waals surface area contributed by atoms with Gasteiger partial charge in [-0.3, -0.25) is 0 Å². The van der Waals surface area contributed by atoms with Crippen LogP contribution in [-0.2, 0) is 18.3 Å². The van der Waals surface area contributed by atoms with Crippen molar-refractivity contribution in [1.29, 1.82) is 0 Å². The molecule has 0 amide bonds. The average Bonchev–Trinajstić information content (AvgIpc) is 0.918. The van der Waals surface area contributed by atoms with Crippen molar-refractivity contribution in [3.05, 3.63) is 0 Å². The van der Waals surface area contributed by atoms with Gasteiger partial charge in [-0.1, -0.05) is 0 Å². The summed E-state index contributed by atoms with van der Waals surface area (Å²) in [5, 5.41) is 1.38. The predicted octanol–water partition coefficient (Wildman–Crippen LogP) is -2.02. The Hall–Kier alpha value is 1.35.